The van der Waals surface area contributed by atoms with E-state index in [-0.39, 0.29) is 5.97 Å². The van der Waals surface area contributed by atoms with Gasteiger partial charge in [0.25, 0.3) is 0 Å². The molecule has 1 aromatic carbocycles. The van der Waals surface area contributed by atoms with Crippen LogP contribution in [0.25, 0.3) is 10.9 Å². The first kappa shape index (κ1) is 12.7. The zero-order valence-corrected chi connectivity index (χ0v) is 10.9. The van der Waals surface area contributed by atoms with E-state index in [1.807, 2.05) is 28.8 Å². The smallest absolute Gasteiger partial charge is 0.335 e. The maximum Gasteiger partial charge on any atom is 0.335 e. The van der Waals surface area contributed by atoms with Crippen LogP contribution in [-0.4, -0.2) is 17.1 Å². The molecule has 0 radical (unpaired) electrons. The summed E-state index contributed by atoms with van der Waals surface area (Å²) in [5, 5.41) is 1.64. The van der Waals surface area contributed by atoms with Crippen LogP contribution in [0.1, 0.15) is 6.92 Å². The van der Waals surface area contributed by atoms with Crippen molar-refractivity contribution in [3.8, 4) is 0 Å². The average molecular weight is 264 g/mol. The third kappa shape index (κ3) is 2.41. The number of carbonyl (C=O) groups excluding carboxylic acids is 1. The summed E-state index contributed by atoms with van der Waals surface area (Å²) in [5.74, 6) is -0.369. The molecule has 2 aromatic rings. The summed E-state index contributed by atoms with van der Waals surface area (Å²) in [4.78, 5) is 11.5. The van der Waals surface area contributed by atoms with E-state index in [2.05, 4.69) is 6.58 Å². The zero-order valence-electron chi connectivity index (χ0n) is 10.1. The number of esters is 1. The number of carbonyl (C=O) groups is 1. The van der Waals surface area contributed by atoms with E-state index in [9.17, 15) is 4.79 Å². The number of hydrogen-bond acceptors (Lipinski definition) is 2. The van der Waals surface area contributed by atoms with Crippen molar-refractivity contribution in [2.75, 3.05) is 6.61 Å². The molecule has 0 saturated carbocycles. The summed E-state index contributed by atoms with van der Waals surface area (Å²) in [7, 11) is 0. The fraction of sp³-hybridized carbons (Fsp3) is 0.214. The Morgan fingerprint density at radius 1 is 1.44 bits per heavy atom. The van der Waals surface area contributed by atoms with E-state index in [1.165, 1.54) is 0 Å². The number of hydrogen-bond donors (Lipinski definition) is 0. The fourth-order valence-electron chi connectivity index (χ4n) is 1.84. The Kier molecular flexibility index (Phi) is 3.72. The molecule has 1 heterocycles. The van der Waals surface area contributed by atoms with Crippen molar-refractivity contribution in [3.63, 3.8) is 0 Å². The third-order valence-electron chi connectivity index (χ3n) is 2.67. The summed E-state index contributed by atoms with van der Waals surface area (Å²) >= 11 is 6.14. The minimum absolute atomic E-state index is 0.352. The van der Waals surface area contributed by atoms with Crippen LogP contribution in [-0.2, 0) is 16.1 Å². The standard InChI is InChI=1S/C14H14ClNO2/c1-3-18-14(17)10(2)8-16-9-12(15)11-6-4-5-7-13(11)16/h4-7,9H,2-3,8H2,1H3. The normalized spacial score (nSPS) is 10.6. The number of benzene rings is 1. The van der Waals surface area contributed by atoms with Crippen molar-refractivity contribution in [2.24, 2.45) is 0 Å². The fourth-order valence-corrected chi connectivity index (χ4v) is 2.11. The Hall–Kier alpha value is -1.74. The Balaban J connectivity index is 2.27. The van der Waals surface area contributed by atoms with Gasteiger partial charge in [0.1, 0.15) is 0 Å². The van der Waals surface area contributed by atoms with Gasteiger partial charge in [0.2, 0.25) is 0 Å². The lowest BCUT2D eigenvalue weighted by Crippen LogP contribution is -2.11. The van der Waals surface area contributed by atoms with Crippen molar-refractivity contribution in [1.29, 1.82) is 0 Å². The van der Waals surface area contributed by atoms with Gasteiger partial charge in [0.05, 0.1) is 18.2 Å². The quantitative estimate of drug-likeness (QED) is 0.625. The van der Waals surface area contributed by atoms with Gasteiger partial charge in [0.15, 0.2) is 0 Å². The summed E-state index contributed by atoms with van der Waals surface area (Å²) in [6.07, 6.45) is 1.80. The number of rotatable bonds is 4. The van der Waals surface area contributed by atoms with Gasteiger partial charge < -0.3 is 9.30 Å². The van der Waals surface area contributed by atoms with Gasteiger partial charge in [-0.25, -0.2) is 4.79 Å². The Morgan fingerprint density at radius 2 is 2.17 bits per heavy atom. The molecule has 18 heavy (non-hydrogen) atoms. The number of ether oxygens (including phenoxy) is 1. The molecule has 0 bridgehead atoms. The van der Waals surface area contributed by atoms with Crippen LogP contribution in [0.2, 0.25) is 5.02 Å². The van der Waals surface area contributed by atoms with E-state index in [1.54, 1.807) is 13.1 Å². The maximum absolute atomic E-state index is 11.5. The molecule has 0 saturated heterocycles. The van der Waals surface area contributed by atoms with Gasteiger partial charge >= 0.3 is 5.97 Å². The van der Waals surface area contributed by atoms with Crippen molar-refractivity contribution in [2.45, 2.75) is 13.5 Å². The van der Waals surface area contributed by atoms with Crippen LogP contribution in [0.15, 0.2) is 42.6 Å². The van der Waals surface area contributed by atoms with Crippen LogP contribution < -0.4 is 0 Å². The van der Waals surface area contributed by atoms with Crippen LogP contribution in [0, 0.1) is 0 Å². The first-order valence-electron chi connectivity index (χ1n) is 5.71. The molecule has 0 aliphatic carbocycles. The van der Waals surface area contributed by atoms with Gasteiger partial charge in [-0.2, -0.15) is 0 Å². The molecule has 0 atom stereocenters. The van der Waals surface area contributed by atoms with Crippen LogP contribution in [0.5, 0.6) is 0 Å². The van der Waals surface area contributed by atoms with Crippen molar-refractivity contribution in [3.05, 3.63) is 47.6 Å². The van der Waals surface area contributed by atoms with Gasteiger partial charge in [-0.1, -0.05) is 36.4 Å². The predicted octanol–water partition coefficient (Wildman–Crippen LogP) is 3.41. The highest BCUT2D eigenvalue weighted by atomic mass is 35.5. The minimum Gasteiger partial charge on any atom is -0.463 e. The molecule has 0 aliphatic heterocycles. The number of halogens is 1. The van der Waals surface area contributed by atoms with E-state index < -0.39 is 0 Å². The minimum atomic E-state index is -0.369. The van der Waals surface area contributed by atoms with E-state index in [4.69, 9.17) is 16.3 Å². The number of nitrogens with zero attached hydrogens (tertiary/aromatic N) is 1. The second-order valence-corrected chi connectivity index (χ2v) is 4.35. The summed E-state index contributed by atoms with van der Waals surface area (Å²) in [5.41, 5.74) is 1.39. The molecule has 1 aromatic heterocycles. The third-order valence-corrected chi connectivity index (χ3v) is 2.97. The molecule has 0 spiro atoms. The predicted molar refractivity (Wildman–Crippen MR) is 72.7 cm³/mol. The highest BCUT2D eigenvalue weighted by Crippen LogP contribution is 2.26. The lowest BCUT2D eigenvalue weighted by Gasteiger charge is -2.07. The number of para-hydroxylation sites is 1. The summed E-state index contributed by atoms with van der Waals surface area (Å²) in [6.45, 7) is 6.25. The van der Waals surface area contributed by atoms with Crippen LogP contribution in [0.4, 0.5) is 0 Å². The molecule has 3 nitrogen and oxygen atoms in total. The lowest BCUT2D eigenvalue weighted by molar-refractivity contribution is -0.138. The lowest BCUT2D eigenvalue weighted by atomic mass is 10.2. The monoisotopic (exact) mass is 263 g/mol. The van der Waals surface area contributed by atoms with Gasteiger partial charge in [-0.15, -0.1) is 0 Å². The van der Waals surface area contributed by atoms with Crippen LogP contribution in [0.3, 0.4) is 0 Å². The molecule has 0 fully saturated rings. The Morgan fingerprint density at radius 3 is 2.89 bits per heavy atom. The zero-order chi connectivity index (χ0) is 13.1. The summed E-state index contributed by atoms with van der Waals surface area (Å²) in [6, 6.07) is 7.77. The number of aromatic nitrogens is 1. The Labute approximate surface area is 111 Å². The molecule has 0 unspecified atom stereocenters. The molecule has 2 rings (SSSR count). The van der Waals surface area contributed by atoms with Gasteiger partial charge in [-0.05, 0) is 13.0 Å². The van der Waals surface area contributed by atoms with Gasteiger partial charge in [-0.3, -0.25) is 0 Å². The first-order valence-corrected chi connectivity index (χ1v) is 6.09. The largest absolute Gasteiger partial charge is 0.463 e. The molecule has 4 heteroatoms. The van der Waals surface area contributed by atoms with E-state index in [0.29, 0.717) is 23.7 Å². The van der Waals surface area contributed by atoms with E-state index >= 15 is 0 Å². The maximum atomic E-state index is 11.5. The Bertz CT molecular complexity index is 601. The highest BCUT2D eigenvalue weighted by molar-refractivity contribution is 6.35. The second kappa shape index (κ2) is 5.27. The second-order valence-electron chi connectivity index (χ2n) is 3.95. The highest BCUT2D eigenvalue weighted by Gasteiger charge is 2.11. The molecular formula is C14H14ClNO2. The first-order chi connectivity index (χ1) is 8.63. The molecule has 0 amide bonds. The van der Waals surface area contributed by atoms with E-state index in [0.717, 1.165) is 10.9 Å². The van der Waals surface area contributed by atoms with Crippen molar-refractivity contribution in [1.82, 2.24) is 4.57 Å². The van der Waals surface area contributed by atoms with Crippen LogP contribution >= 0.6 is 11.6 Å². The topological polar surface area (TPSA) is 31.2 Å². The average Bonchev–Trinajstić information content (AvgIpc) is 2.67. The molecule has 0 N–H and O–H groups in total. The molecule has 94 valence electrons. The summed E-state index contributed by atoms with van der Waals surface area (Å²) < 4.78 is 6.81. The van der Waals surface area contributed by atoms with Gasteiger partial charge in [0, 0.05) is 22.7 Å². The number of fused-ring (bicyclic) bond motifs is 1. The van der Waals surface area contributed by atoms with Crippen molar-refractivity contribution >= 4 is 28.5 Å². The SMILES string of the molecule is C=C(Cn1cc(Cl)c2ccccc21)C(=O)OCC. The molecule has 0 aliphatic rings. The molecular weight excluding hydrogens is 250 g/mol. The van der Waals surface area contributed by atoms with Crippen molar-refractivity contribution < 1.29 is 9.53 Å².